The zero-order valence-electron chi connectivity index (χ0n) is 18.6. The third kappa shape index (κ3) is 9.55. The van der Waals surface area contributed by atoms with Crippen LogP contribution in [0.25, 0.3) is 0 Å². The Bertz CT molecular complexity index is 927. The van der Waals surface area contributed by atoms with Crippen LogP contribution in [0.1, 0.15) is 22.3 Å². The van der Waals surface area contributed by atoms with E-state index in [4.69, 9.17) is 4.74 Å². The smallest absolute Gasteiger partial charge is 0.240 e. The SMILES string of the molecule is CN=C(NCCc1cc(C)cc(C)c1)NCc1ccc(S(=O)(=O)NCCOC)cc1.I. The van der Waals surface area contributed by atoms with Crippen molar-refractivity contribution in [1.82, 2.24) is 15.4 Å². The van der Waals surface area contributed by atoms with Gasteiger partial charge in [-0.2, -0.15) is 0 Å². The van der Waals surface area contributed by atoms with Crippen LogP contribution in [0.15, 0.2) is 52.4 Å². The second kappa shape index (κ2) is 13.7. The van der Waals surface area contributed by atoms with Crippen molar-refractivity contribution in [2.24, 2.45) is 4.99 Å². The maximum atomic E-state index is 12.2. The number of nitrogens with one attached hydrogen (secondary N) is 3. The molecule has 2 rings (SSSR count). The molecule has 0 spiro atoms. The molecule has 0 saturated heterocycles. The van der Waals surface area contributed by atoms with Gasteiger partial charge in [-0.3, -0.25) is 4.99 Å². The van der Waals surface area contributed by atoms with E-state index in [0.717, 1.165) is 18.5 Å². The van der Waals surface area contributed by atoms with Gasteiger partial charge in [0.2, 0.25) is 10.0 Å². The Hall–Kier alpha value is -1.69. The van der Waals surface area contributed by atoms with Gasteiger partial charge >= 0.3 is 0 Å². The monoisotopic (exact) mass is 560 g/mol. The maximum Gasteiger partial charge on any atom is 0.240 e. The molecule has 0 heterocycles. The van der Waals surface area contributed by atoms with Crippen LogP contribution in [0.2, 0.25) is 0 Å². The first kappa shape index (κ1) is 27.3. The van der Waals surface area contributed by atoms with Crippen LogP contribution in [0.3, 0.4) is 0 Å². The van der Waals surface area contributed by atoms with Gasteiger partial charge in [0.1, 0.15) is 0 Å². The Balaban J connectivity index is 0.00000480. The van der Waals surface area contributed by atoms with Crippen molar-refractivity contribution in [3.8, 4) is 0 Å². The van der Waals surface area contributed by atoms with E-state index < -0.39 is 10.0 Å². The highest BCUT2D eigenvalue weighted by atomic mass is 127. The predicted molar refractivity (Wildman–Crippen MR) is 137 cm³/mol. The summed E-state index contributed by atoms with van der Waals surface area (Å²) in [5, 5.41) is 6.56. The summed E-state index contributed by atoms with van der Waals surface area (Å²) in [7, 11) is -0.257. The minimum absolute atomic E-state index is 0. The van der Waals surface area contributed by atoms with Crippen molar-refractivity contribution >= 4 is 40.0 Å². The van der Waals surface area contributed by atoms with E-state index in [1.165, 1.54) is 23.8 Å². The number of guanidine groups is 1. The highest BCUT2D eigenvalue weighted by Gasteiger charge is 2.12. The molecule has 9 heteroatoms. The Morgan fingerprint density at radius 1 is 0.968 bits per heavy atom. The summed E-state index contributed by atoms with van der Waals surface area (Å²) in [5.74, 6) is 0.706. The molecule has 0 bridgehead atoms. The second-order valence-corrected chi connectivity index (χ2v) is 8.90. The van der Waals surface area contributed by atoms with Crippen molar-refractivity contribution < 1.29 is 13.2 Å². The number of hydrogen-bond donors (Lipinski definition) is 3. The molecule has 0 aromatic heterocycles. The van der Waals surface area contributed by atoms with Crippen molar-refractivity contribution in [2.75, 3.05) is 33.9 Å². The molecule has 0 unspecified atom stereocenters. The van der Waals surface area contributed by atoms with Gasteiger partial charge in [-0.1, -0.05) is 41.5 Å². The first-order chi connectivity index (χ1) is 14.3. The van der Waals surface area contributed by atoms with Gasteiger partial charge in [-0.25, -0.2) is 13.1 Å². The van der Waals surface area contributed by atoms with E-state index in [2.05, 4.69) is 52.4 Å². The highest BCUT2D eigenvalue weighted by Crippen LogP contribution is 2.11. The lowest BCUT2D eigenvalue weighted by atomic mass is 10.1. The molecule has 0 saturated carbocycles. The molecule has 0 aliphatic rings. The molecule has 2 aromatic carbocycles. The first-order valence-electron chi connectivity index (χ1n) is 9.93. The van der Waals surface area contributed by atoms with Crippen molar-refractivity contribution in [1.29, 1.82) is 0 Å². The molecule has 0 radical (unpaired) electrons. The van der Waals surface area contributed by atoms with Gasteiger partial charge in [0.25, 0.3) is 0 Å². The van der Waals surface area contributed by atoms with Crippen molar-refractivity contribution in [3.05, 3.63) is 64.7 Å². The Morgan fingerprint density at radius 2 is 1.61 bits per heavy atom. The van der Waals surface area contributed by atoms with Crippen LogP contribution in [0.4, 0.5) is 0 Å². The summed E-state index contributed by atoms with van der Waals surface area (Å²) in [6, 6.07) is 13.4. The van der Waals surface area contributed by atoms with E-state index in [9.17, 15) is 8.42 Å². The Labute approximate surface area is 203 Å². The van der Waals surface area contributed by atoms with E-state index in [-0.39, 0.29) is 35.4 Å². The molecular weight excluding hydrogens is 527 g/mol. The number of hydrogen-bond acceptors (Lipinski definition) is 4. The normalized spacial score (nSPS) is 11.7. The Kier molecular flexibility index (Phi) is 12.1. The standard InChI is InChI=1S/C22H32N4O3S.HI/c1-17-13-18(2)15-20(14-17)9-10-24-22(23-3)25-16-19-5-7-21(8-6-19)30(27,28)26-11-12-29-4;/h5-8,13-15,26H,9-12,16H2,1-4H3,(H2,23,24,25);1H. The summed E-state index contributed by atoms with van der Waals surface area (Å²) in [6.07, 6.45) is 0.909. The number of ether oxygens (including phenoxy) is 1. The number of sulfonamides is 1. The van der Waals surface area contributed by atoms with Crippen molar-refractivity contribution in [2.45, 2.75) is 31.7 Å². The van der Waals surface area contributed by atoms with E-state index >= 15 is 0 Å². The molecule has 0 fully saturated rings. The minimum atomic E-state index is -3.52. The third-order valence-corrected chi connectivity index (χ3v) is 5.98. The number of benzene rings is 2. The lowest BCUT2D eigenvalue weighted by Gasteiger charge is -2.13. The summed E-state index contributed by atoms with van der Waals surface area (Å²) < 4.78 is 31.8. The zero-order chi connectivity index (χ0) is 22.0. The molecule has 0 aliphatic heterocycles. The van der Waals surface area contributed by atoms with Crippen LogP contribution in [-0.2, 0) is 27.7 Å². The first-order valence-corrected chi connectivity index (χ1v) is 11.4. The molecular formula is C22H33IN4O3S. The number of halogens is 1. The Morgan fingerprint density at radius 3 is 2.19 bits per heavy atom. The van der Waals surface area contributed by atoms with E-state index in [0.29, 0.717) is 19.1 Å². The van der Waals surface area contributed by atoms with Gasteiger partial charge in [0.15, 0.2) is 5.96 Å². The average molecular weight is 561 g/mol. The summed E-state index contributed by atoms with van der Waals surface area (Å²) >= 11 is 0. The van der Waals surface area contributed by atoms with Crippen LogP contribution < -0.4 is 15.4 Å². The number of aliphatic imine (C=N–C) groups is 1. The fourth-order valence-corrected chi connectivity index (χ4v) is 4.11. The van der Waals surface area contributed by atoms with Crippen LogP contribution in [0.5, 0.6) is 0 Å². The van der Waals surface area contributed by atoms with E-state index in [1.807, 2.05) is 0 Å². The molecule has 3 N–H and O–H groups in total. The molecule has 0 amide bonds. The molecule has 7 nitrogen and oxygen atoms in total. The highest BCUT2D eigenvalue weighted by molar-refractivity contribution is 14.0. The summed E-state index contributed by atoms with van der Waals surface area (Å²) in [6.45, 7) is 6.10. The zero-order valence-corrected chi connectivity index (χ0v) is 21.7. The van der Waals surface area contributed by atoms with Crippen LogP contribution in [-0.4, -0.2) is 48.2 Å². The van der Waals surface area contributed by atoms with Crippen molar-refractivity contribution in [3.63, 3.8) is 0 Å². The number of methoxy groups -OCH3 is 1. The summed E-state index contributed by atoms with van der Waals surface area (Å²) in [5.41, 5.74) is 4.80. The lowest BCUT2D eigenvalue weighted by Crippen LogP contribution is -2.37. The number of aryl methyl sites for hydroxylation is 2. The van der Waals surface area contributed by atoms with Gasteiger partial charge in [-0.05, 0) is 43.5 Å². The fourth-order valence-electron chi connectivity index (χ4n) is 3.09. The number of nitrogens with zero attached hydrogens (tertiary/aromatic N) is 1. The topological polar surface area (TPSA) is 91.8 Å². The van der Waals surface area contributed by atoms with Gasteiger partial charge < -0.3 is 15.4 Å². The van der Waals surface area contributed by atoms with E-state index in [1.54, 1.807) is 31.3 Å². The number of rotatable bonds is 10. The fraction of sp³-hybridized carbons (Fsp3) is 0.409. The van der Waals surface area contributed by atoms with Gasteiger partial charge in [0, 0.05) is 33.8 Å². The second-order valence-electron chi connectivity index (χ2n) is 7.13. The largest absolute Gasteiger partial charge is 0.383 e. The molecule has 172 valence electrons. The van der Waals surface area contributed by atoms with Crippen LogP contribution in [0, 0.1) is 13.8 Å². The van der Waals surface area contributed by atoms with Gasteiger partial charge in [-0.15, -0.1) is 24.0 Å². The maximum absolute atomic E-state index is 12.2. The molecule has 0 aliphatic carbocycles. The third-order valence-electron chi connectivity index (χ3n) is 4.50. The van der Waals surface area contributed by atoms with Crippen LogP contribution >= 0.6 is 24.0 Å². The average Bonchev–Trinajstić information content (AvgIpc) is 2.70. The van der Waals surface area contributed by atoms with Gasteiger partial charge in [0.05, 0.1) is 11.5 Å². The predicted octanol–water partition coefficient (Wildman–Crippen LogP) is 2.75. The molecule has 0 atom stereocenters. The molecule has 31 heavy (non-hydrogen) atoms. The summed E-state index contributed by atoms with van der Waals surface area (Å²) in [4.78, 5) is 4.48. The quantitative estimate of drug-likeness (QED) is 0.180. The lowest BCUT2D eigenvalue weighted by molar-refractivity contribution is 0.204. The minimum Gasteiger partial charge on any atom is -0.383 e. The molecule has 2 aromatic rings.